The van der Waals surface area contributed by atoms with Crippen molar-refractivity contribution in [3.63, 3.8) is 0 Å². The molecule has 1 aliphatic rings. The highest BCUT2D eigenvalue weighted by atomic mass is 32.1. The van der Waals surface area contributed by atoms with Gasteiger partial charge in [-0.1, -0.05) is 0 Å². The van der Waals surface area contributed by atoms with Crippen molar-refractivity contribution in [2.24, 2.45) is 0 Å². The average Bonchev–Trinajstić information content (AvgIpc) is 2.93. The minimum atomic E-state index is 0.805. The van der Waals surface area contributed by atoms with E-state index in [0.29, 0.717) is 0 Å². The normalized spacial score (nSPS) is 16.6. The Morgan fingerprint density at radius 2 is 2.05 bits per heavy atom. The van der Waals surface area contributed by atoms with E-state index in [9.17, 15) is 0 Å². The molecule has 0 aliphatic carbocycles. The molecule has 3 heterocycles. The third-order valence-electron chi connectivity index (χ3n) is 3.28. The number of ether oxygens (including phenoxy) is 1. The van der Waals surface area contributed by atoms with Crippen molar-refractivity contribution in [2.45, 2.75) is 0 Å². The Bertz CT molecular complexity index is 521. The first-order chi connectivity index (χ1) is 9.31. The summed E-state index contributed by atoms with van der Waals surface area (Å²) in [5.74, 6) is 0.805. The predicted molar refractivity (Wildman–Crippen MR) is 78.3 cm³/mol. The first-order valence-corrected chi connectivity index (χ1v) is 7.29. The van der Waals surface area contributed by atoms with Gasteiger partial charge in [0.1, 0.15) is 5.75 Å². The highest BCUT2D eigenvalue weighted by molar-refractivity contribution is 7.11. The van der Waals surface area contributed by atoms with Gasteiger partial charge in [-0.2, -0.15) is 0 Å². The van der Waals surface area contributed by atoms with Crippen LogP contribution in [0.15, 0.2) is 36.0 Å². The molecule has 0 atom stereocenters. The molecule has 5 heteroatoms. The van der Waals surface area contributed by atoms with Crippen molar-refractivity contribution < 1.29 is 4.74 Å². The monoisotopic (exact) mass is 275 g/mol. The summed E-state index contributed by atoms with van der Waals surface area (Å²) in [5, 5.41) is 2.91. The molecule has 0 N–H and O–H groups in total. The number of aromatic nitrogens is 1. The summed E-state index contributed by atoms with van der Waals surface area (Å²) in [6.07, 6.45) is 3.67. The average molecular weight is 275 g/mol. The lowest BCUT2D eigenvalue weighted by atomic mass is 10.3. The van der Waals surface area contributed by atoms with Gasteiger partial charge in [-0.3, -0.25) is 4.98 Å². The van der Waals surface area contributed by atoms with E-state index in [0.717, 1.165) is 42.7 Å². The van der Waals surface area contributed by atoms with Crippen molar-refractivity contribution >= 4 is 17.0 Å². The third-order valence-corrected chi connectivity index (χ3v) is 4.03. The van der Waals surface area contributed by atoms with Gasteiger partial charge >= 0.3 is 0 Å². The highest BCUT2D eigenvalue weighted by Gasteiger charge is 2.15. The van der Waals surface area contributed by atoms with E-state index in [-0.39, 0.29) is 0 Å². The Hall–Kier alpha value is -1.59. The number of hydrogen-bond donors (Lipinski definition) is 0. The standard InChI is InChI=1S/C14H17N3OS/c1-16-4-6-17(7-5-16)12-9-13(11-15-10-12)18-14-3-2-8-19-14/h2-3,8-11H,4-7H2,1H3. The molecule has 1 aliphatic heterocycles. The molecule has 100 valence electrons. The molecule has 0 amide bonds. The zero-order chi connectivity index (χ0) is 13.1. The van der Waals surface area contributed by atoms with Gasteiger partial charge in [0.05, 0.1) is 18.1 Å². The fourth-order valence-corrected chi connectivity index (χ4v) is 2.73. The number of hydrogen-bond acceptors (Lipinski definition) is 5. The largest absolute Gasteiger partial charge is 0.445 e. The molecule has 0 aromatic carbocycles. The number of anilines is 1. The van der Waals surface area contributed by atoms with Crippen LogP contribution in [0.3, 0.4) is 0 Å². The summed E-state index contributed by atoms with van der Waals surface area (Å²) in [5.41, 5.74) is 1.14. The SMILES string of the molecule is CN1CCN(c2cncc(Oc3cccs3)c2)CC1. The van der Waals surface area contributed by atoms with Gasteiger partial charge in [0.2, 0.25) is 0 Å². The van der Waals surface area contributed by atoms with Crippen LogP contribution in [0.2, 0.25) is 0 Å². The zero-order valence-electron chi connectivity index (χ0n) is 11.0. The maximum atomic E-state index is 5.79. The van der Waals surface area contributed by atoms with Crippen LogP contribution in [-0.4, -0.2) is 43.1 Å². The number of piperazine rings is 1. The predicted octanol–water partition coefficient (Wildman–Crippen LogP) is 2.69. The van der Waals surface area contributed by atoms with E-state index >= 15 is 0 Å². The van der Waals surface area contributed by atoms with Gasteiger partial charge in [0.25, 0.3) is 0 Å². The molecule has 1 fully saturated rings. The number of likely N-dealkylation sites (N-methyl/N-ethyl adjacent to an activating group) is 1. The second kappa shape index (κ2) is 5.59. The summed E-state index contributed by atoms with van der Waals surface area (Å²) in [4.78, 5) is 8.98. The van der Waals surface area contributed by atoms with E-state index in [1.165, 1.54) is 0 Å². The molecule has 4 nitrogen and oxygen atoms in total. The van der Waals surface area contributed by atoms with Crippen molar-refractivity contribution in [1.29, 1.82) is 0 Å². The molecule has 0 saturated carbocycles. The third kappa shape index (κ3) is 3.05. The Balaban J connectivity index is 1.72. The Labute approximate surface area is 117 Å². The number of pyridine rings is 1. The molecule has 1 saturated heterocycles. The van der Waals surface area contributed by atoms with Crippen LogP contribution in [0.5, 0.6) is 10.8 Å². The summed E-state index contributed by atoms with van der Waals surface area (Å²) in [7, 11) is 2.16. The van der Waals surface area contributed by atoms with Crippen molar-refractivity contribution in [3.8, 4) is 10.8 Å². The number of thiophene rings is 1. The smallest absolute Gasteiger partial charge is 0.180 e. The van der Waals surface area contributed by atoms with E-state index in [2.05, 4.69) is 27.9 Å². The van der Waals surface area contributed by atoms with Gasteiger partial charge < -0.3 is 14.5 Å². The number of rotatable bonds is 3. The Morgan fingerprint density at radius 3 is 2.79 bits per heavy atom. The topological polar surface area (TPSA) is 28.6 Å². The van der Waals surface area contributed by atoms with Crippen molar-refractivity contribution in [2.75, 3.05) is 38.1 Å². The fourth-order valence-electron chi connectivity index (χ4n) is 2.14. The zero-order valence-corrected chi connectivity index (χ0v) is 11.8. The van der Waals surface area contributed by atoms with Gasteiger partial charge in [0, 0.05) is 32.2 Å². The lowest BCUT2D eigenvalue weighted by Gasteiger charge is -2.33. The first kappa shape index (κ1) is 12.4. The van der Waals surface area contributed by atoms with E-state index < -0.39 is 0 Å². The molecule has 0 bridgehead atoms. The maximum Gasteiger partial charge on any atom is 0.180 e. The summed E-state index contributed by atoms with van der Waals surface area (Å²) < 4.78 is 5.79. The molecule has 0 spiro atoms. The van der Waals surface area contributed by atoms with Gasteiger partial charge in [-0.15, -0.1) is 11.3 Å². The van der Waals surface area contributed by atoms with Crippen LogP contribution in [0.1, 0.15) is 0 Å². The molecule has 3 rings (SSSR count). The molecule has 2 aromatic rings. The van der Waals surface area contributed by atoms with Crippen LogP contribution < -0.4 is 9.64 Å². The van der Waals surface area contributed by atoms with Crippen molar-refractivity contribution in [1.82, 2.24) is 9.88 Å². The lowest BCUT2D eigenvalue weighted by Crippen LogP contribution is -2.44. The summed E-state index contributed by atoms with van der Waals surface area (Å²) >= 11 is 1.59. The van der Waals surface area contributed by atoms with Crippen LogP contribution in [0.4, 0.5) is 5.69 Å². The van der Waals surface area contributed by atoms with Gasteiger partial charge in [-0.25, -0.2) is 0 Å². The maximum absolute atomic E-state index is 5.79. The number of nitrogens with zero attached hydrogens (tertiary/aromatic N) is 3. The summed E-state index contributed by atoms with van der Waals surface area (Å²) in [6.45, 7) is 4.27. The lowest BCUT2D eigenvalue weighted by molar-refractivity contribution is 0.312. The summed E-state index contributed by atoms with van der Waals surface area (Å²) in [6, 6.07) is 6.02. The molecular formula is C14H17N3OS. The first-order valence-electron chi connectivity index (χ1n) is 6.41. The van der Waals surface area contributed by atoms with Crippen molar-refractivity contribution in [3.05, 3.63) is 36.0 Å². The Kier molecular flexibility index (Phi) is 3.66. The van der Waals surface area contributed by atoms with Crippen LogP contribution in [0.25, 0.3) is 0 Å². The van der Waals surface area contributed by atoms with Gasteiger partial charge in [-0.05, 0) is 24.6 Å². The van der Waals surface area contributed by atoms with E-state index in [4.69, 9.17) is 4.74 Å². The highest BCUT2D eigenvalue weighted by Crippen LogP contribution is 2.28. The molecule has 19 heavy (non-hydrogen) atoms. The second-order valence-electron chi connectivity index (χ2n) is 4.70. The molecule has 2 aromatic heterocycles. The second-order valence-corrected chi connectivity index (χ2v) is 5.61. The Morgan fingerprint density at radius 1 is 1.21 bits per heavy atom. The van der Waals surface area contributed by atoms with E-state index in [1.807, 2.05) is 23.7 Å². The minimum absolute atomic E-state index is 0.805. The van der Waals surface area contributed by atoms with E-state index in [1.54, 1.807) is 17.5 Å². The molecular weight excluding hydrogens is 258 g/mol. The fraction of sp³-hybridized carbons (Fsp3) is 0.357. The van der Waals surface area contributed by atoms with Crippen LogP contribution >= 0.6 is 11.3 Å². The van der Waals surface area contributed by atoms with Crippen LogP contribution in [-0.2, 0) is 0 Å². The molecule has 0 unspecified atom stereocenters. The quantitative estimate of drug-likeness (QED) is 0.861. The minimum Gasteiger partial charge on any atom is -0.445 e. The molecule has 0 radical (unpaired) electrons. The van der Waals surface area contributed by atoms with Gasteiger partial charge in [0.15, 0.2) is 5.06 Å². The van der Waals surface area contributed by atoms with Crippen LogP contribution in [0, 0.1) is 0 Å².